The van der Waals surface area contributed by atoms with Gasteiger partial charge in [0, 0.05) is 0 Å². The predicted octanol–water partition coefficient (Wildman–Crippen LogP) is 2.78. The lowest BCUT2D eigenvalue weighted by Crippen LogP contribution is -2.22. The summed E-state index contributed by atoms with van der Waals surface area (Å²) in [5, 5.41) is 8.93. The highest BCUT2D eigenvalue weighted by atomic mass is 16.4. The lowest BCUT2D eigenvalue weighted by atomic mass is 9.85. The van der Waals surface area contributed by atoms with Gasteiger partial charge in [-0.25, -0.2) is 0 Å². The molecule has 1 fully saturated rings. The van der Waals surface area contributed by atoms with Crippen LogP contribution in [0.25, 0.3) is 0 Å². The number of aliphatic carboxylic acids is 1. The first kappa shape index (κ1) is 10.6. The Kier molecular flexibility index (Phi) is 2.69. The average Bonchev–Trinajstić information content (AvgIpc) is 2.22. The number of carboxylic acids is 1. The molecule has 0 radical (unpaired) electrons. The fourth-order valence-corrected chi connectivity index (χ4v) is 2.80. The van der Waals surface area contributed by atoms with E-state index in [9.17, 15) is 4.79 Å². The second-order valence-electron chi connectivity index (χ2n) is 5.34. The summed E-state index contributed by atoms with van der Waals surface area (Å²) in [6, 6.07) is 0. The molecule has 1 aliphatic carbocycles. The van der Waals surface area contributed by atoms with E-state index in [2.05, 4.69) is 20.8 Å². The molecule has 3 atom stereocenters. The number of hydrogen-bond donors (Lipinski definition) is 1. The van der Waals surface area contributed by atoms with Crippen molar-refractivity contribution < 1.29 is 9.90 Å². The van der Waals surface area contributed by atoms with Crippen LogP contribution < -0.4 is 0 Å². The summed E-state index contributed by atoms with van der Waals surface area (Å²) in [5.74, 6) is 0.0972. The zero-order chi connectivity index (χ0) is 10.2. The summed E-state index contributed by atoms with van der Waals surface area (Å²) in [4.78, 5) is 10.8. The molecule has 1 rings (SSSR count). The van der Waals surface area contributed by atoms with E-state index in [1.54, 1.807) is 0 Å². The Bertz CT molecular complexity index is 208. The van der Waals surface area contributed by atoms with Gasteiger partial charge in [-0.05, 0) is 30.1 Å². The summed E-state index contributed by atoms with van der Waals surface area (Å²) < 4.78 is 0. The van der Waals surface area contributed by atoms with Crippen LogP contribution in [0.2, 0.25) is 0 Å². The van der Waals surface area contributed by atoms with Gasteiger partial charge in [-0.2, -0.15) is 0 Å². The second-order valence-corrected chi connectivity index (χ2v) is 5.34. The van der Waals surface area contributed by atoms with Crippen LogP contribution >= 0.6 is 0 Å². The van der Waals surface area contributed by atoms with Gasteiger partial charge < -0.3 is 5.11 Å². The van der Waals surface area contributed by atoms with Crippen LogP contribution in [0.4, 0.5) is 0 Å². The standard InChI is InChI=1S/C11H20O2/c1-7-5-11(3,4)6-9(7)8(2)10(12)13/h7-9H,5-6H2,1-4H3,(H,12,13). The fourth-order valence-electron chi connectivity index (χ4n) is 2.80. The largest absolute Gasteiger partial charge is 0.481 e. The number of carbonyl (C=O) groups is 1. The molecule has 1 aliphatic rings. The van der Waals surface area contributed by atoms with E-state index < -0.39 is 5.97 Å². The van der Waals surface area contributed by atoms with Crippen molar-refractivity contribution in [2.24, 2.45) is 23.2 Å². The van der Waals surface area contributed by atoms with Crippen molar-refractivity contribution in [1.82, 2.24) is 0 Å². The second kappa shape index (κ2) is 3.32. The van der Waals surface area contributed by atoms with Crippen LogP contribution in [-0.4, -0.2) is 11.1 Å². The minimum atomic E-state index is -0.644. The van der Waals surface area contributed by atoms with Gasteiger partial charge in [0.2, 0.25) is 0 Å². The molecule has 13 heavy (non-hydrogen) atoms. The Hall–Kier alpha value is -0.530. The van der Waals surface area contributed by atoms with Crippen molar-refractivity contribution >= 4 is 5.97 Å². The summed E-state index contributed by atoms with van der Waals surface area (Å²) in [6.45, 7) is 8.49. The smallest absolute Gasteiger partial charge is 0.306 e. The maximum absolute atomic E-state index is 10.8. The van der Waals surface area contributed by atoms with Gasteiger partial charge in [-0.15, -0.1) is 0 Å². The van der Waals surface area contributed by atoms with Crippen molar-refractivity contribution in [3.8, 4) is 0 Å². The van der Waals surface area contributed by atoms with Gasteiger partial charge in [0.15, 0.2) is 0 Å². The van der Waals surface area contributed by atoms with Gasteiger partial charge in [0.05, 0.1) is 5.92 Å². The van der Waals surface area contributed by atoms with Crippen LogP contribution in [0.1, 0.15) is 40.5 Å². The fraction of sp³-hybridized carbons (Fsp3) is 0.909. The van der Waals surface area contributed by atoms with E-state index in [1.807, 2.05) is 6.92 Å². The van der Waals surface area contributed by atoms with Crippen molar-refractivity contribution in [1.29, 1.82) is 0 Å². The predicted molar refractivity (Wildman–Crippen MR) is 52.5 cm³/mol. The maximum Gasteiger partial charge on any atom is 0.306 e. The number of hydrogen-bond acceptors (Lipinski definition) is 1. The zero-order valence-electron chi connectivity index (χ0n) is 9.00. The van der Waals surface area contributed by atoms with Crippen LogP contribution in [-0.2, 0) is 4.79 Å². The molecule has 0 saturated heterocycles. The Morgan fingerprint density at radius 1 is 1.46 bits per heavy atom. The Balaban J connectivity index is 2.67. The molecule has 0 aromatic rings. The third-order valence-electron chi connectivity index (χ3n) is 3.43. The summed E-state index contributed by atoms with van der Waals surface area (Å²) in [6.07, 6.45) is 2.22. The highest BCUT2D eigenvalue weighted by Crippen LogP contribution is 2.47. The summed E-state index contributed by atoms with van der Waals surface area (Å²) >= 11 is 0. The SMILES string of the molecule is CC1CC(C)(C)CC1C(C)C(=O)O. The summed E-state index contributed by atoms with van der Waals surface area (Å²) in [5.41, 5.74) is 0.341. The van der Waals surface area contributed by atoms with Gasteiger partial charge in [-0.1, -0.05) is 27.7 Å². The van der Waals surface area contributed by atoms with Crippen molar-refractivity contribution in [2.45, 2.75) is 40.5 Å². The van der Waals surface area contributed by atoms with Crippen molar-refractivity contribution in [3.63, 3.8) is 0 Å². The topological polar surface area (TPSA) is 37.3 Å². The minimum absolute atomic E-state index is 0.184. The molecule has 0 bridgehead atoms. The molecule has 2 nitrogen and oxygen atoms in total. The molecule has 0 amide bonds. The third-order valence-corrected chi connectivity index (χ3v) is 3.43. The van der Waals surface area contributed by atoms with Crippen LogP contribution in [0.3, 0.4) is 0 Å². The van der Waals surface area contributed by atoms with E-state index in [0.29, 0.717) is 17.3 Å². The quantitative estimate of drug-likeness (QED) is 0.716. The molecular weight excluding hydrogens is 164 g/mol. The van der Waals surface area contributed by atoms with Crippen molar-refractivity contribution in [3.05, 3.63) is 0 Å². The molecule has 0 spiro atoms. The van der Waals surface area contributed by atoms with E-state index in [1.165, 1.54) is 0 Å². The molecule has 76 valence electrons. The first-order valence-electron chi connectivity index (χ1n) is 5.06. The average molecular weight is 184 g/mol. The Morgan fingerprint density at radius 2 is 2.00 bits per heavy atom. The lowest BCUT2D eigenvalue weighted by Gasteiger charge is -2.20. The lowest BCUT2D eigenvalue weighted by molar-refractivity contribution is -0.143. The first-order chi connectivity index (χ1) is 5.83. The normalized spacial score (nSPS) is 34.5. The number of rotatable bonds is 2. The molecule has 3 unspecified atom stereocenters. The maximum atomic E-state index is 10.8. The molecule has 1 N–H and O–H groups in total. The Labute approximate surface area is 80.3 Å². The van der Waals surface area contributed by atoms with Gasteiger partial charge >= 0.3 is 5.97 Å². The van der Waals surface area contributed by atoms with E-state index in [0.717, 1.165) is 12.8 Å². The van der Waals surface area contributed by atoms with E-state index >= 15 is 0 Å². The zero-order valence-corrected chi connectivity index (χ0v) is 9.00. The van der Waals surface area contributed by atoms with Gasteiger partial charge in [0.25, 0.3) is 0 Å². The molecular formula is C11H20O2. The van der Waals surface area contributed by atoms with E-state index in [4.69, 9.17) is 5.11 Å². The molecule has 0 aromatic heterocycles. The van der Waals surface area contributed by atoms with E-state index in [-0.39, 0.29) is 5.92 Å². The number of carboxylic acid groups (broad SMARTS) is 1. The monoisotopic (exact) mass is 184 g/mol. The van der Waals surface area contributed by atoms with Crippen LogP contribution in [0.15, 0.2) is 0 Å². The summed E-state index contributed by atoms with van der Waals surface area (Å²) in [7, 11) is 0. The van der Waals surface area contributed by atoms with Gasteiger partial charge in [0.1, 0.15) is 0 Å². The first-order valence-corrected chi connectivity index (χ1v) is 5.06. The van der Waals surface area contributed by atoms with Crippen molar-refractivity contribution in [2.75, 3.05) is 0 Å². The Morgan fingerprint density at radius 3 is 2.31 bits per heavy atom. The molecule has 2 heteroatoms. The molecule has 1 saturated carbocycles. The third kappa shape index (κ3) is 2.23. The molecule has 0 heterocycles. The highest BCUT2D eigenvalue weighted by Gasteiger charge is 2.41. The van der Waals surface area contributed by atoms with Crippen LogP contribution in [0, 0.1) is 23.2 Å². The van der Waals surface area contributed by atoms with Gasteiger partial charge in [-0.3, -0.25) is 4.79 Å². The highest BCUT2D eigenvalue weighted by molar-refractivity contribution is 5.70. The molecule has 0 aliphatic heterocycles. The molecule has 0 aromatic carbocycles. The van der Waals surface area contributed by atoms with Crippen LogP contribution in [0.5, 0.6) is 0 Å². The minimum Gasteiger partial charge on any atom is -0.481 e.